The molecule has 9 nitrogen and oxygen atoms in total. The van der Waals surface area contributed by atoms with Gasteiger partial charge in [-0.2, -0.15) is 8.75 Å². The molecule has 0 bridgehead atoms. The van der Waals surface area contributed by atoms with Crippen LogP contribution in [0, 0.1) is 0 Å². The minimum atomic E-state index is -3.55. The third kappa shape index (κ3) is 2.85. The largest absolute Gasteiger partial charge is 0.493 e. The predicted molar refractivity (Wildman–Crippen MR) is 106 cm³/mol. The van der Waals surface area contributed by atoms with E-state index in [0.29, 0.717) is 30.0 Å². The number of fused-ring (bicyclic) bond motifs is 2. The van der Waals surface area contributed by atoms with E-state index in [1.54, 1.807) is 32.0 Å². The summed E-state index contributed by atoms with van der Waals surface area (Å²) in [6, 6.07) is 5.07. The highest BCUT2D eigenvalue weighted by atomic mass is 32.2. The number of aromatic nitrogens is 2. The average molecular weight is 422 g/mol. The summed E-state index contributed by atoms with van der Waals surface area (Å²) in [6.07, 6.45) is 1.76. The van der Waals surface area contributed by atoms with Gasteiger partial charge in [0, 0.05) is 17.7 Å². The van der Waals surface area contributed by atoms with E-state index in [2.05, 4.69) is 19.1 Å². The van der Waals surface area contributed by atoms with Crippen molar-refractivity contribution in [3.8, 4) is 5.75 Å². The second-order valence-electron chi connectivity index (χ2n) is 7.35. The van der Waals surface area contributed by atoms with Gasteiger partial charge in [0.2, 0.25) is 0 Å². The predicted octanol–water partition coefficient (Wildman–Crippen LogP) is 1.33. The first-order valence-electron chi connectivity index (χ1n) is 8.59. The van der Waals surface area contributed by atoms with E-state index < -0.39 is 26.0 Å². The second kappa shape index (κ2) is 6.24. The molecule has 2 aliphatic heterocycles. The fourth-order valence-corrected chi connectivity index (χ4v) is 5.47. The molecule has 0 fully saturated rings. The molecule has 4 rings (SSSR count). The van der Waals surface area contributed by atoms with Crippen LogP contribution in [0.2, 0.25) is 0 Å². The number of nitrogens with one attached hydrogen (secondary N) is 1. The Labute approximate surface area is 166 Å². The van der Waals surface area contributed by atoms with Gasteiger partial charge in [-0.3, -0.25) is 9.79 Å². The van der Waals surface area contributed by atoms with E-state index in [-0.39, 0.29) is 17.3 Å². The van der Waals surface area contributed by atoms with Gasteiger partial charge in [-0.1, -0.05) is 0 Å². The zero-order valence-corrected chi connectivity index (χ0v) is 16.9. The Hall–Kier alpha value is -2.53. The van der Waals surface area contributed by atoms with Crippen molar-refractivity contribution in [3.05, 3.63) is 35.7 Å². The molecular formula is C17H19N5O4S2. The summed E-state index contributed by atoms with van der Waals surface area (Å²) in [4.78, 5) is 16.9. The molecule has 3 heterocycles. The number of nitrogens with two attached hydrogens (primary N) is 1. The Morgan fingerprint density at radius 3 is 2.82 bits per heavy atom. The molecule has 1 spiro atoms. The van der Waals surface area contributed by atoms with E-state index >= 15 is 0 Å². The van der Waals surface area contributed by atoms with Crippen molar-refractivity contribution in [1.82, 2.24) is 8.75 Å². The first-order chi connectivity index (χ1) is 13.1. The molecule has 1 atom stereocenters. The maximum Gasteiger partial charge on any atom is 0.277 e. The van der Waals surface area contributed by atoms with Crippen LogP contribution >= 0.6 is 11.7 Å². The lowest BCUT2D eigenvalue weighted by atomic mass is 9.85. The number of rotatable bonds is 2. The van der Waals surface area contributed by atoms with Crippen LogP contribution in [0.15, 0.2) is 29.4 Å². The average Bonchev–Trinajstić information content (AvgIpc) is 3.15. The molecule has 0 radical (unpaired) electrons. The number of nitrogens with zero attached hydrogens (tertiary/aromatic N) is 3. The highest BCUT2D eigenvalue weighted by molar-refractivity contribution is 7.93. The number of hydrogen-bond donors (Lipinski definition) is 2. The van der Waals surface area contributed by atoms with E-state index in [1.807, 2.05) is 0 Å². The molecule has 148 valence electrons. The third-order valence-corrected chi connectivity index (χ3v) is 8.36. The number of hydrogen-bond acceptors (Lipinski definition) is 9. The Kier molecular flexibility index (Phi) is 4.19. The van der Waals surface area contributed by atoms with Gasteiger partial charge in [0.15, 0.2) is 15.5 Å². The van der Waals surface area contributed by atoms with Crippen LogP contribution in [-0.2, 0) is 15.4 Å². The number of ether oxygens (including phenoxy) is 1. The van der Waals surface area contributed by atoms with Gasteiger partial charge in [0.25, 0.3) is 5.91 Å². The van der Waals surface area contributed by atoms with Crippen molar-refractivity contribution in [2.24, 2.45) is 10.7 Å². The van der Waals surface area contributed by atoms with Crippen LogP contribution in [0.4, 0.5) is 5.69 Å². The van der Waals surface area contributed by atoms with Gasteiger partial charge < -0.3 is 15.8 Å². The zero-order valence-electron chi connectivity index (χ0n) is 15.3. The SMILES string of the molecule is CC1(C)C(N)=N[C@@]2(CCOc3ccc(NC(=O)c4cnsn4)cc32)CS1(=O)=O. The monoisotopic (exact) mass is 421 g/mol. The molecule has 0 aliphatic carbocycles. The first kappa shape index (κ1) is 18.8. The van der Waals surface area contributed by atoms with Crippen molar-refractivity contribution < 1.29 is 17.9 Å². The van der Waals surface area contributed by atoms with Crippen LogP contribution in [-0.4, -0.2) is 46.0 Å². The summed E-state index contributed by atoms with van der Waals surface area (Å²) in [5.74, 6) is 0.0396. The smallest absolute Gasteiger partial charge is 0.277 e. The number of carbonyl (C=O) groups is 1. The Morgan fingerprint density at radius 2 is 2.14 bits per heavy atom. The topological polar surface area (TPSA) is 137 Å². The van der Waals surface area contributed by atoms with Gasteiger partial charge in [-0.25, -0.2) is 8.42 Å². The van der Waals surface area contributed by atoms with Gasteiger partial charge in [0.1, 0.15) is 21.9 Å². The normalized spacial score (nSPS) is 24.7. The maximum absolute atomic E-state index is 12.9. The summed E-state index contributed by atoms with van der Waals surface area (Å²) in [5, 5.41) is 2.75. The molecule has 1 aromatic heterocycles. The van der Waals surface area contributed by atoms with Crippen molar-refractivity contribution >= 4 is 39.0 Å². The lowest BCUT2D eigenvalue weighted by molar-refractivity contribution is 0.102. The fraction of sp³-hybridized carbons (Fsp3) is 0.412. The summed E-state index contributed by atoms with van der Waals surface area (Å²) in [5.41, 5.74) is 6.33. The number of benzene rings is 1. The summed E-state index contributed by atoms with van der Waals surface area (Å²) in [7, 11) is -3.55. The van der Waals surface area contributed by atoms with E-state index in [9.17, 15) is 13.2 Å². The molecule has 11 heteroatoms. The van der Waals surface area contributed by atoms with Crippen LogP contribution in [0.5, 0.6) is 5.75 Å². The lowest BCUT2D eigenvalue weighted by Gasteiger charge is -2.42. The zero-order chi connectivity index (χ0) is 20.2. The number of sulfone groups is 1. The minimum Gasteiger partial charge on any atom is -0.493 e. The van der Waals surface area contributed by atoms with Crippen molar-refractivity contribution in [2.75, 3.05) is 17.7 Å². The summed E-state index contributed by atoms with van der Waals surface area (Å²) in [6.45, 7) is 3.45. The molecule has 0 saturated carbocycles. The minimum absolute atomic E-state index is 0.0783. The summed E-state index contributed by atoms with van der Waals surface area (Å²) >= 11 is 0.939. The number of carbonyl (C=O) groups excluding carboxylic acids is 1. The standard InChI is InChI=1S/C17H19N5O4S2/c1-16(2)15(18)21-17(9-28(16,24)25)5-6-26-13-4-3-10(7-11(13)17)20-14(23)12-8-19-27-22-12/h3-4,7-8H,5-6,9H2,1-2H3,(H2,18,21)(H,20,23)/t17-/m0/s1. The molecule has 28 heavy (non-hydrogen) atoms. The number of amidine groups is 1. The van der Waals surface area contributed by atoms with Gasteiger partial charge in [-0.05, 0) is 32.0 Å². The molecule has 2 aromatic rings. The van der Waals surface area contributed by atoms with Gasteiger partial charge in [-0.15, -0.1) is 0 Å². The molecule has 2 aliphatic rings. The Bertz CT molecular complexity index is 1080. The summed E-state index contributed by atoms with van der Waals surface area (Å²) < 4.78 is 38.1. The van der Waals surface area contributed by atoms with Crippen LogP contribution in [0.3, 0.4) is 0 Å². The van der Waals surface area contributed by atoms with Crippen LogP contribution < -0.4 is 15.8 Å². The number of aliphatic imine (C=N–C) groups is 1. The highest BCUT2D eigenvalue weighted by Crippen LogP contribution is 2.46. The van der Waals surface area contributed by atoms with Crippen LogP contribution in [0.25, 0.3) is 0 Å². The molecular weight excluding hydrogens is 402 g/mol. The third-order valence-electron chi connectivity index (χ3n) is 5.26. The molecule has 0 saturated heterocycles. The van der Waals surface area contributed by atoms with Gasteiger partial charge >= 0.3 is 0 Å². The molecule has 3 N–H and O–H groups in total. The Morgan fingerprint density at radius 1 is 1.36 bits per heavy atom. The maximum atomic E-state index is 12.9. The quantitative estimate of drug-likeness (QED) is 0.746. The van der Waals surface area contributed by atoms with Crippen LogP contribution in [0.1, 0.15) is 36.3 Å². The fourth-order valence-electron chi connectivity index (χ4n) is 3.34. The van der Waals surface area contributed by atoms with E-state index in [0.717, 1.165) is 11.7 Å². The highest BCUT2D eigenvalue weighted by Gasteiger charge is 2.52. The molecule has 0 unspecified atom stereocenters. The number of anilines is 1. The molecule has 1 aromatic carbocycles. The van der Waals surface area contributed by atoms with Crippen molar-refractivity contribution in [2.45, 2.75) is 30.6 Å². The van der Waals surface area contributed by atoms with E-state index in [4.69, 9.17) is 10.5 Å². The van der Waals surface area contributed by atoms with Crippen molar-refractivity contribution in [3.63, 3.8) is 0 Å². The molecule has 1 amide bonds. The first-order valence-corrected chi connectivity index (χ1v) is 11.0. The number of amides is 1. The Balaban J connectivity index is 1.77. The second-order valence-corrected chi connectivity index (χ2v) is 10.4. The van der Waals surface area contributed by atoms with Crippen molar-refractivity contribution in [1.29, 1.82) is 0 Å². The lowest BCUT2D eigenvalue weighted by Crippen LogP contribution is -2.56. The van der Waals surface area contributed by atoms with E-state index in [1.165, 1.54) is 6.20 Å². The van der Waals surface area contributed by atoms with Gasteiger partial charge in [0.05, 0.1) is 30.3 Å².